The zero-order chi connectivity index (χ0) is 12.2. The highest BCUT2D eigenvalue weighted by Gasteiger charge is 2.38. The highest BCUT2D eigenvalue weighted by molar-refractivity contribution is 4.97. The third-order valence-electron chi connectivity index (χ3n) is 3.23. The maximum absolute atomic E-state index is 11.7. The molecule has 1 saturated carbocycles. The molecule has 6 heteroatoms. The average Bonchev–Trinajstić information content (AvgIpc) is 2.05. The molecular formula is C10H19F3N2O. The fraction of sp³-hybridized carbons (Fsp3) is 1.00. The van der Waals surface area contributed by atoms with Crippen molar-refractivity contribution in [2.24, 2.45) is 0 Å². The Labute approximate surface area is 93.9 Å². The molecular weight excluding hydrogens is 221 g/mol. The van der Waals surface area contributed by atoms with Crippen LogP contribution in [0.1, 0.15) is 19.3 Å². The molecule has 0 bridgehead atoms. The normalized spacial score (nSPS) is 19.9. The highest BCUT2D eigenvalue weighted by Crippen LogP contribution is 2.35. The smallest absolute Gasteiger partial charge is 0.313 e. The number of nitrogens with zero attached hydrogens (tertiary/aromatic N) is 1. The zero-order valence-corrected chi connectivity index (χ0v) is 9.73. The number of halogens is 3. The summed E-state index contributed by atoms with van der Waals surface area (Å²) in [6.07, 6.45) is -1.11. The molecule has 1 N–H and O–H groups in total. The summed E-state index contributed by atoms with van der Waals surface area (Å²) < 4.78 is 38.7. The summed E-state index contributed by atoms with van der Waals surface area (Å²) in [5, 5.41) is 3.02. The minimum Gasteiger partial charge on any atom is -0.313 e. The highest BCUT2D eigenvalue weighted by atomic mass is 19.4. The minimum atomic E-state index is -4.52. The summed E-state index contributed by atoms with van der Waals surface area (Å²) in [5.74, 6) is 0. The van der Waals surface area contributed by atoms with Crippen LogP contribution in [0.25, 0.3) is 0 Å². The Hall–Kier alpha value is -0.330. The van der Waals surface area contributed by atoms with Gasteiger partial charge in [-0.3, -0.25) is 4.74 Å². The first-order chi connectivity index (χ1) is 7.36. The van der Waals surface area contributed by atoms with Gasteiger partial charge in [-0.2, -0.15) is 0 Å². The molecule has 0 heterocycles. The summed E-state index contributed by atoms with van der Waals surface area (Å²) >= 11 is 0. The Morgan fingerprint density at radius 3 is 2.31 bits per heavy atom. The first-order valence-electron chi connectivity index (χ1n) is 5.45. The third-order valence-corrected chi connectivity index (χ3v) is 3.23. The Morgan fingerprint density at radius 1 is 1.31 bits per heavy atom. The van der Waals surface area contributed by atoms with Crippen molar-refractivity contribution < 1.29 is 17.9 Å². The fourth-order valence-corrected chi connectivity index (χ4v) is 1.93. The van der Waals surface area contributed by atoms with Crippen LogP contribution in [0.15, 0.2) is 0 Å². The molecule has 1 rings (SSSR count). The van der Waals surface area contributed by atoms with E-state index in [2.05, 4.69) is 15.0 Å². The lowest BCUT2D eigenvalue weighted by molar-refractivity contribution is -0.323. The molecule has 0 spiro atoms. The topological polar surface area (TPSA) is 24.5 Å². The van der Waals surface area contributed by atoms with Crippen LogP contribution in [-0.4, -0.2) is 50.6 Å². The van der Waals surface area contributed by atoms with Gasteiger partial charge in [0.05, 0.1) is 6.61 Å². The van der Waals surface area contributed by atoms with Gasteiger partial charge in [0.25, 0.3) is 0 Å². The largest absolute Gasteiger partial charge is 0.522 e. The van der Waals surface area contributed by atoms with E-state index in [1.807, 2.05) is 14.1 Å². The van der Waals surface area contributed by atoms with Gasteiger partial charge in [-0.1, -0.05) is 0 Å². The average molecular weight is 240 g/mol. The van der Waals surface area contributed by atoms with Gasteiger partial charge in [0.1, 0.15) is 0 Å². The lowest BCUT2D eigenvalue weighted by atomic mass is 9.75. The molecule has 16 heavy (non-hydrogen) atoms. The quantitative estimate of drug-likeness (QED) is 0.714. The number of ether oxygens (including phenoxy) is 1. The van der Waals surface area contributed by atoms with Crippen LogP contribution < -0.4 is 5.32 Å². The van der Waals surface area contributed by atoms with Crippen LogP contribution in [0, 0.1) is 0 Å². The molecule has 0 unspecified atom stereocenters. The van der Waals surface area contributed by atoms with Crippen LogP contribution in [0.4, 0.5) is 13.2 Å². The van der Waals surface area contributed by atoms with Gasteiger partial charge in [0.2, 0.25) is 0 Å². The van der Waals surface area contributed by atoms with E-state index in [0.29, 0.717) is 0 Å². The van der Waals surface area contributed by atoms with E-state index in [9.17, 15) is 13.2 Å². The summed E-state index contributed by atoms with van der Waals surface area (Å²) in [6, 6.07) is 0. The van der Waals surface area contributed by atoms with Crippen molar-refractivity contribution in [3.05, 3.63) is 0 Å². The van der Waals surface area contributed by atoms with E-state index in [4.69, 9.17) is 0 Å². The fourth-order valence-electron chi connectivity index (χ4n) is 1.93. The first kappa shape index (κ1) is 13.7. The molecule has 3 nitrogen and oxygen atoms in total. The van der Waals surface area contributed by atoms with Crippen LogP contribution in [0.5, 0.6) is 0 Å². The zero-order valence-electron chi connectivity index (χ0n) is 9.73. The molecule has 0 amide bonds. The van der Waals surface area contributed by atoms with Gasteiger partial charge in [-0.15, -0.1) is 13.2 Å². The second-order valence-electron chi connectivity index (χ2n) is 4.44. The third kappa shape index (κ3) is 3.92. The SMILES string of the molecule is CN(C)C1(CNCCOC(F)(F)F)CCC1. The molecule has 0 aromatic heterocycles. The van der Waals surface area contributed by atoms with Crippen molar-refractivity contribution >= 4 is 0 Å². The van der Waals surface area contributed by atoms with Crippen LogP contribution in [0.2, 0.25) is 0 Å². The van der Waals surface area contributed by atoms with E-state index in [0.717, 1.165) is 19.4 Å². The molecule has 1 aliphatic rings. The molecule has 0 aromatic rings. The van der Waals surface area contributed by atoms with E-state index in [1.54, 1.807) is 0 Å². The number of rotatable bonds is 6. The van der Waals surface area contributed by atoms with Gasteiger partial charge >= 0.3 is 6.36 Å². The monoisotopic (exact) mass is 240 g/mol. The molecule has 96 valence electrons. The second-order valence-corrected chi connectivity index (χ2v) is 4.44. The Morgan fingerprint density at radius 2 is 1.94 bits per heavy atom. The van der Waals surface area contributed by atoms with E-state index in [1.165, 1.54) is 6.42 Å². The summed E-state index contributed by atoms with van der Waals surface area (Å²) in [6.45, 7) is 0.628. The van der Waals surface area contributed by atoms with Crippen molar-refractivity contribution in [3.8, 4) is 0 Å². The number of nitrogens with one attached hydrogen (secondary N) is 1. The second kappa shape index (κ2) is 5.33. The van der Waals surface area contributed by atoms with Gasteiger partial charge in [-0.25, -0.2) is 0 Å². The standard InChI is InChI=1S/C10H19F3N2O/c1-15(2)9(4-3-5-9)8-14-6-7-16-10(11,12)13/h14H,3-8H2,1-2H3. The Kier molecular flexibility index (Phi) is 4.58. The van der Waals surface area contributed by atoms with Gasteiger partial charge in [0, 0.05) is 18.6 Å². The molecule has 0 aromatic carbocycles. The number of hydrogen-bond donors (Lipinski definition) is 1. The maximum Gasteiger partial charge on any atom is 0.522 e. The number of likely N-dealkylation sites (N-methyl/N-ethyl adjacent to an activating group) is 1. The molecule has 0 atom stereocenters. The summed E-state index contributed by atoms with van der Waals surface area (Å²) in [7, 11) is 4.01. The predicted octanol–water partition coefficient (Wildman–Crippen LogP) is 1.60. The summed E-state index contributed by atoms with van der Waals surface area (Å²) in [5.41, 5.74) is 0.137. The van der Waals surface area contributed by atoms with Gasteiger partial charge in [-0.05, 0) is 33.4 Å². The van der Waals surface area contributed by atoms with Gasteiger partial charge < -0.3 is 10.2 Å². The van der Waals surface area contributed by atoms with E-state index in [-0.39, 0.29) is 18.7 Å². The van der Waals surface area contributed by atoms with Crippen LogP contribution in [0.3, 0.4) is 0 Å². The van der Waals surface area contributed by atoms with Crippen molar-refractivity contribution in [3.63, 3.8) is 0 Å². The molecule has 0 radical (unpaired) electrons. The van der Waals surface area contributed by atoms with Crippen molar-refractivity contribution in [2.45, 2.75) is 31.2 Å². The van der Waals surface area contributed by atoms with E-state index < -0.39 is 6.36 Å². The Balaban J connectivity index is 2.11. The molecule has 1 fully saturated rings. The minimum absolute atomic E-state index is 0.137. The predicted molar refractivity (Wildman–Crippen MR) is 55.1 cm³/mol. The van der Waals surface area contributed by atoms with Crippen LogP contribution >= 0.6 is 0 Å². The van der Waals surface area contributed by atoms with Crippen molar-refractivity contribution in [2.75, 3.05) is 33.8 Å². The van der Waals surface area contributed by atoms with E-state index >= 15 is 0 Å². The van der Waals surface area contributed by atoms with Crippen molar-refractivity contribution in [1.29, 1.82) is 0 Å². The Bertz CT molecular complexity index is 215. The molecule has 1 aliphatic carbocycles. The molecule has 0 aliphatic heterocycles. The lowest BCUT2D eigenvalue weighted by Gasteiger charge is -2.47. The number of alkyl halides is 3. The number of hydrogen-bond acceptors (Lipinski definition) is 3. The molecule has 0 saturated heterocycles. The van der Waals surface area contributed by atoms with Crippen LogP contribution in [-0.2, 0) is 4.74 Å². The van der Waals surface area contributed by atoms with Gasteiger partial charge in [0.15, 0.2) is 0 Å². The summed E-state index contributed by atoms with van der Waals surface area (Å²) in [4.78, 5) is 2.15. The van der Waals surface area contributed by atoms with Crippen molar-refractivity contribution in [1.82, 2.24) is 10.2 Å². The first-order valence-corrected chi connectivity index (χ1v) is 5.45. The lowest BCUT2D eigenvalue weighted by Crippen LogP contribution is -2.56. The maximum atomic E-state index is 11.7.